The first-order valence-electron chi connectivity index (χ1n) is 16.4. The van der Waals surface area contributed by atoms with Gasteiger partial charge < -0.3 is 25.4 Å². The van der Waals surface area contributed by atoms with Gasteiger partial charge in [-0.25, -0.2) is 4.79 Å². The summed E-state index contributed by atoms with van der Waals surface area (Å²) in [7, 11) is 0. The summed E-state index contributed by atoms with van der Waals surface area (Å²) in [5.74, 6) is -0.623. The van der Waals surface area contributed by atoms with Crippen molar-refractivity contribution in [3.8, 4) is 5.75 Å². The molecule has 3 N–H and O–H groups in total. The van der Waals surface area contributed by atoms with Crippen LogP contribution in [0.15, 0.2) is 72.8 Å². The van der Waals surface area contributed by atoms with Crippen LogP contribution < -0.4 is 10.6 Å². The molecule has 3 aromatic carbocycles. The van der Waals surface area contributed by atoms with E-state index in [0.29, 0.717) is 24.2 Å². The average Bonchev–Trinajstić information content (AvgIpc) is 2.99. The molecule has 2 atom stereocenters. The lowest BCUT2D eigenvalue weighted by Crippen LogP contribution is -2.53. The van der Waals surface area contributed by atoms with Crippen molar-refractivity contribution in [1.82, 2.24) is 10.2 Å². The first kappa shape index (κ1) is 36.1. The average molecular weight is 630 g/mol. The Labute approximate surface area is 274 Å². The molecule has 8 heteroatoms. The summed E-state index contributed by atoms with van der Waals surface area (Å²) < 4.78 is 5.55. The summed E-state index contributed by atoms with van der Waals surface area (Å²) in [4.78, 5) is 43.7. The van der Waals surface area contributed by atoms with Crippen LogP contribution in [0.1, 0.15) is 94.5 Å². The number of para-hydroxylation sites is 1. The van der Waals surface area contributed by atoms with Crippen molar-refractivity contribution in [2.45, 2.75) is 104 Å². The van der Waals surface area contributed by atoms with Crippen molar-refractivity contribution >= 4 is 23.6 Å². The van der Waals surface area contributed by atoms with Gasteiger partial charge in [-0.1, -0.05) is 99.2 Å². The van der Waals surface area contributed by atoms with Crippen LogP contribution in [0.3, 0.4) is 0 Å². The van der Waals surface area contributed by atoms with Crippen molar-refractivity contribution in [2.24, 2.45) is 0 Å². The minimum Gasteiger partial charge on any atom is -0.508 e. The number of anilines is 1. The van der Waals surface area contributed by atoms with E-state index in [1.54, 1.807) is 49.9 Å². The number of alkyl carbamates (subject to hydrolysis) is 1. The molecule has 248 valence electrons. The lowest BCUT2D eigenvalue weighted by atomic mass is 9.98. The maximum atomic E-state index is 14.7. The predicted molar refractivity (Wildman–Crippen MR) is 184 cm³/mol. The number of phenolic OH excluding ortho intramolecular Hbond substituents is 1. The predicted octanol–water partition coefficient (Wildman–Crippen LogP) is 8.01. The van der Waals surface area contributed by atoms with Crippen LogP contribution >= 0.6 is 0 Å². The fourth-order valence-corrected chi connectivity index (χ4v) is 5.37. The molecule has 0 radical (unpaired) electrons. The quantitative estimate of drug-likeness (QED) is 0.148. The van der Waals surface area contributed by atoms with E-state index in [4.69, 9.17) is 4.74 Å². The Morgan fingerprint density at radius 1 is 0.870 bits per heavy atom. The van der Waals surface area contributed by atoms with Crippen molar-refractivity contribution in [3.63, 3.8) is 0 Å². The number of nitrogens with zero attached hydrogens (tertiary/aromatic N) is 1. The van der Waals surface area contributed by atoms with Crippen LogP contribution in [0.2, 0.25) is 0 Å². The van der Waals surface area contributed by atoms with E-state index in [9.17, 15) is 19.5 Å². The number of carbonyl (C=O) groups is 3. The number of hydrogen-bond acceptors (Lipinski definition) is 5. The maximum Gasteiger partial charge on any atom is 0.408 e. The fraction of sp³-hybridized carbons (Fsp3) is 0.447. The smallest absolute Gasteiger partial charge is 0.408 e. The third kappa shape index (κ3) is 11.5. The monoisotopic (exact) mass is 629 g/mol. The van der Waals surface area contributed by atoms with Gasteiger partial charge >= 0.3 is 6.09 Å². The van der Waals surface area contributed by atoms with Crippen molar-refractivity contribution in [2.75, 3.05) is 11.9 Å². The van der Waals surface area contributed by atoms with E-state index in [0.717, 1.165) is 48.8 Å². The molecule has 0 aliphatic carbocycles. The van der Waals surface area contributed by atoms with Gasteiger partial charge in [-0.05, 0) is 75.9 Å². The van der Waals surface area contributed by atoms with Gasteiger partial charge in [0.1, 0.15) is 23.4 Å². The SMILES string of the molecule is CCCCCCCCN(C(=O)C(Cc1ccc(O)cc1)NC(=O)OC(C)(C)C)C(C(=O)Nc1ccccc1C)c1cccc(C)c1. The van der Waals surface area contributed by atoms with Gasteiger partial charge in [-0.15, -0.1) is 0 Å². The molecule has 0 aromatic heterocycles. The zero-order valence-corrected chi connectivity index (χ0v) is 28.3. The Morgan fingerprint density at radius 3 is 2.20 bits per heavy atom. The normalized spacial score (nSPS) is 12.6. The van der Waals surface area contributed by atoms with Crippen molar-refractivity contribution in [1.29, 1.82) is 0 Å². The fourth-order valence-electron chi connectivity index (χ4n) is 5.37. The highest BCUT2D eigenvalue weighted by Gasteiger charge is 2.36. The number of aromatic hydroxyl groups is 1. The molecular weight excluding hydrogens is 578 g/mol. The van der Waals surface area contributed by atoms with Crippen LogP contribution in [-0.4, -0.2) is 46.1 Å². The van der Waals surface area contributed by atoms with Crippen molar-refractivity contribution < 1.29 is 24.2 Å². The van der Waals surface area contributed by atoms with Gasteiger partial charge in [-0.2, -0.15) is 0 Å². The minimum absolute atomic E-state index is 0.101. The highest BCUT2D eigenvalue weighted by atomic mass is 16.6. The first-order chi connectivity index (χ1) is 21.9. The second-order valence-electron chi connectivity index (χ2n) is 13.0. The molecule has 46 heavy (non-hydrogen) atoms. The summed E-state index contributed by atoms with van der Waals surface area (Å²) in [5, 5.41) is 15.7. The Morgan fingerprint density at radius 2 is 1.54 bits per heavy atom. The molecule has 8 nitrogen and oxygen atoms in total. The van der Waals surface area contributed by atoms with Crippen LogP contribution in [0.4, 0.5) is 10.5 Å². The van der Waals surface area contributed by atoms with E-state index >= 15 is 0 Å². The summed E-state index contributed by atoms with van der Waals surface area (Å²) in [6, 6.07) is 19.7. The second kappa shape index (κ2) is 17.4. The highest BCUT2D eigenvalue weighted by Crippen LogP contribution is 2.27. The molecule has 0 aliphatic heterocycles. The Hall–Kier alpha value is -4.33. The summed E-state index contributed by atoms with van der Waals surface area (Å²) in [6.45, 7) is 11.7. The van der Waals surface area contributed by atoms with E-state index in [-0.39, 0.29) is 24.0 Å². The van der Waals surface area contributed by atoms with Gasteiger partial charge in [0.05, 0.1) is 0 Å². The third-order valence-corrected chi connectivity index (χ3v) is 7.72. The molecule has 2 unspecified atom stereocenters. The zero-order chi connectivity index (χ0) is 33.7. The lowest BCUT2D eigenvalue weighted by molar-refractivity contribution is -0.140. The van der Waals surface area contributed by atoms with Gasteiger partial charge in [-0.3, -0.25) is 9.59 Å². The van der Waals surface area contributed by atoms with Gasteiger partial charge in [0.25, 0.3) is 5.91 Å². The molecule has 0 bridgehead atoms. The molecule has 3 aromatic rings. The number of ether oxygens (including phenoxy) is 1. The highest BCUT2D eigenvalue weighted by molar-refractivity contribution is 5.99. The summed E-state index contributed by atoms with van der Waals surface area (Å²) in [6.07, 6.45) is 5.47. The molecule has 0 fully saturated rings. The molecular formula is C38H51N3O5. The molecule has 3 rings (SSSR count). The van der Waals surface area contributed by atoms with Crippen LogP contribution in [0.25, 0.3) is 0 Å². The number of benzene rings is 3. The van der Waals surface area contributed by atoms with E-state index in [1.807, 2.05) is 62.4 Å². The number of nitrogens with one attached hydrogen (secondary N) is 2. The van der Waals surface area contributed by atoms with Crippen molar-refractivity contribution in [3.05, 3.63) is 95.1 Å². The Bertz CT molecular complexity index is 1430. The maximum absolute atomic E-state index is 14.7. The molecule has 0 saturated carbocycles. The third-order valence-electron chi connectivity index (χ3n) is 7.72. The molecule has 0 spiro atoms. The van der Waals surface area contributed by atoms with Crippen LogP contribution in [-0.2, 0) is 20.7 Å². The van der Waals surface area contributed by atoms with Gasteiger partial charge in [0, 0.05) is 18.7 Å². The Balaban J connectivity index is 2.06. The summed E-state index contributed by atoms with van der Waals surface area (Å²) >= 11 is 0. The minimum atomic E-state index is -1.03. The Kier molecular flexibility index (Phi) is 13.7. The van der Waals surface area contributed by atoms with E-state index in [1.165, 1.54) is 0 Å². The lowest BCUT2D eigenvalue weighted by Gasteiger charge is -2.35. The number of unbranched alkanes of at least 4 members (excludes halogenated alkanes) is 5. The number of phenols is 1. The first-order valence-corrected chi connectivity index (χ1v) is 16.4. The number of rotatable bonds is 15. The number of carbonyl (C=O) groups excluding carboxylic acids is 3. The largest absolute Gasteiger partial charge is 0.508 e. The molecule has 0 heterocycles. The number of aryl methyl sites for hydroxylation is 2. The second-order valence-corrected chi connectivity index (χ2v) is 13.0. The van der Waals surface area contributed by atoms with Gasteiger partial charge in [0.15, 0.2) is 0 Å². The number of amides is 3. The number of hydrogen-bond donors (Lipinski definition) is 3. The van der Waals surface area contributed by atoms with Crippen LogP contribution in [0, 0.1) is 13.8 Å². The topological polar surface area (TPSA) is 108 Å². The van der Waals surface area contributed by atoms with E-state index < -0.39 is 23.8 Å². The standard InChI is InChI=1S/C38H51N3O5/c1-7-8-9-10-11-14-24-41(34(30-18-15-16-27(2)25-30)35(43)39-32-19-13-12-17-28(32)3)36(44)33(40-37(45)46-38(4,5)6)26-29-20-22-31(42)23-21-29/h12-13,15-23,25,33-34,42H,7-11,14,24,26H2,1-6H3,(H,39,43)(H,40,45). The van der Waals surface area contributed by atoms with Gasteiger partial charge in [0.2, 0.25) is 5.91 Å². The van der Waals surface area contributed by atoms with E-state index in [2.05, 4.69) is 17.6 Å². The van der Waals surface area contributed by atoms with Crippen LogP contribution in [0.5, 0.6) is 5.75 Å². The molecule has 0 saturated heterocycles. The molecule has 0 aliphatic rings. The zero-order valence-electron chi connectivity index (χ0n) is 28.3. The summed E-state index contributed by atoms with van der Waals surface area (Å²) in [5.41, 5.74) is 3.19. The molecule has 3 amide bonds.